The summed E-state index contributed by atoms with van der Waals surface area (Å²) in [6.07, 6.45) is 3.33. The van der Waals surface area contributed by atoms with E-state index < -0.39 is 10.0 Å². The van der Waals surface area contributed by atoms with E-state index in [-0.39, 0.29) is 16.8 Å². The van der Waals surface area contributed by atoms with Crippen molar-refractivity contribution in [2.45, 2.75) is 50.5 Å². The summed E-state index contributed by atoms with van der Waals surface area (Å²) in [6, 6.07) is 11.3. The van der Waals surface area contributed by atoms with Gasteiger partial charge in [-0.3, -0.25) is 4.31 Å². The van der Waals surface area contributed by atoms with E-state index in [0.717, 1.165) is 24.0 Å². The number of hydrogen-bond donors (Lipinski definition) is 0. The molecule has 1 aliphatic heterocycles. The molecular weight excluding hydrogens is 325 g/mol. The highest BCUT2D eigenvalue weighted by Crippen LogP contribution is 2.35. The fourth-order valence-electron chi connectivity index (χ4n) is 3.29. The fourth-order valence-corrected chi connectivity index (χ4v) is 5.01. The van der Waals surface area contributed by atoms with E-state index in [2.05, 4.69) is 6.92 Å². The molecule has 3 rings (SSSR count). The van der Waals surface area contributed by atoms with Gasteiger partial charge in [0.1, 0.15) is 5.82 Å². The van der Waals surface area contributed by atoms with Gasteiger partial charge in [-0.2, -0.15) is 0 Å². The molecule has 0 aliphatic carbocycles. The van der Waals surface area contributed by atoms with Crippen molar-refractivity contribution >= 4 is 15.7 Å². The normalized spacial score (nSPS) is 17.6. The first-order valence-electron chi connectivity index (χ1n) is 8.35. The van der Waals surface area contributed by atoms with E-state index in [9.17, 15) is 12.8 Å². The quantitative estimate of drug-likeness (QED) is 0.826. The lowest BCUT2D eigenvalue weighted by Crippen LogP contribution is -2.42. The summed E-state index contributed by atoms with van der Waals surface area (Å²) in [5, 5.41) is 0. The molecule has 2 aromatic rings. The Morgan fingerprint density at radius 3 is 2.54 bits per heavy atom. The Labute approximate surface area is 143 Å². The molecule has 1 aliphatic rings. The van der Waals surface area contributed by atoms with Gasteiger partial charge >= 0.3 is 0 Å². The topological polar surface area (TPSA) is 37.4 Å². The molecule has 2 aromatic carbocycles. The van der Waals surface area contributed by atoms with Crippen molar-refractivity contribution in [1.82, 2.24) is 0 Å². The maximum absolute atomic E-state index is 13.5. The summed E-state index contributed by atoms with van der Waals surface area (Å²) in [6.45, 7) is 3.99. The van der Waals surface area contributed by atoms with Crippen LogP contribution in [0.5, 0.6) is 0 Å². The van der Waals surface area contributed by atoms with Crippen LogP contribution in [0.3, 0.4) is 0 Å². The molecule has 0 radical (unpaired) electrons. The van der Waals surface area contributed by atoms with Crippen molar-refractivity contribution in [3.05, 3.63) is 59.4 Å². The minimum atomic E-state index is -3.66. The van der Waals surface area contributed by atoms with E-state index in [1.165, 1.54) is 16.4 Å². The van der Waals surface area contributed by atoms with Gasteiger partial charge in [0.25, 0.3) is 10.0 Å². The number of halogens is 1. The Morgan fingerprint density at radius 1 is 1.17 bits per heavy atom. The second-order valence-corrected chi connectivity index (χ2v) is 8.17. The van der Waals surface area contributed by atoms with Crippen molar-refractivity contribution < 1.29 is 12.8 Å². The van der Waals surface area contributed by atoms with Crippen LogP contribution in [0.2, 0.25) is 0 Å². The van der Waals surface area contributed by atoms with Crippen LogP contribution in [0, 0.1) is 5.82 Å². The third-order valence-corrected chi connectivity index (χ3v) is 6.47. The molecule has 24 heavy (non-hydrogen) atoms. The third kappa shape index (κ3) is 3.05. The Balaban J connectivity index is 2.03. The number of aryl methyl sites for hydroxylation is 2. The standard InChI is InChI=1S/C19H22FNO2S/c1-3-4-15-6-10-18(11-7-15)24(22,23)21-14(2)5-8-16-13-17(20)9-12-19(16)21/h6-7,9-14H,3-5,8H2,1-2H3/t14-/m0/s1. The lowest BCUT2D eigenvalue weighted by molar-refractivity contribution is 0.560. The zero-order chi connectivity index (χ0) is 17.3. The van der Waals surface area contributed by atoms with E-state index in [4.69, 9.17) is 0 Å². The minimum Gasteiger partial charge on any atom is -0.263 e. The molecule has 0 saturated heterocycles. The van der Waals surface area contributed by atoms with Crippen LogP contribution >= 0.6 is 0 Å². The Bertz CT molecular complexity index is 831. The number of anilines is 1. The average molecular weight is 347 g/mol. The lowest BCUT2D eigenvalue weighted by Gasteiger charge is -2.36. The zero-order valence-electron chi connectivity index (χ0n) is 14.0. The molecule has 0 amide bonds. The molecule has 1 heterocycles. The number of fused-ring (bicyclic) bond motifs is 1. The minimum absolute atomic E-state index is 0.150. The van der Waals surface area contributed by atoms with Crippen LogP contribution in [0.4, 0.5) is 10.1 Å². The second-order valence-electron chi connectivity index (χ2n) is 6.36. The highest BCUT2D eigenvalue weighted by molar-refractivity contribution is 7.92. The lowest BCUT2D eigenvalue weighted by atomic mass is 9.99. The van der Waals surface area contributed by atoms with Crippen LogP contribution < -0.4 is 4.31 Å². The first-order chi connectivity index (χ1) is 11.4. The molecule has 0 unspecified atom stereocenters. The fraction of sp³-hybridized carbons (Fsp3) is 0.368. The predicted molar refractivity (Wildman–Crippen MR) is 94.3 cm³/mol. The van der Waals surface area contributed by atoms with Crippen LogP contribution in [-0.4, -0.2) is 14.5 Å². The van der Waals surface area contributed by atoms with Crippen molar-refractivity contribution in [2.24, 2.45) is 0 Å². The Morgan fingerprint density at radius 2 is 1.88 bits per heavy atom. The van der Waals surface area contributed by atoms with E-state index >= 15 is 0 Å². The maximum Gasteiger partial charge on any atom is 0.264 e. The maximum atomic E-state index is 13.5. The van der Waals surface area contributed by atoms with Gasteiger partial charge in [0.15, 0.2) is 0 Å². The molecule has 3 nitrogen and oxygen atoms in total. The molecule has 0 bridgehead atoms. The summed E-state index contributed by atoms with van der Waals surface area (Å²) < 4.78 is 41.2. The van der Waals surface area contributed by atoms with Gasteiger partial charge in [-0.1, -0.05) is 25.5 Å². The summed E-state index contributed by atoms with van der Waals surface area (Å²) in [5.41, 5.74) is 2.47. The first-order valence-corrected chi connectivity index (χ1v) is 9.79. The van der Waals surface area contributed by atoms with Gasteiger partial charge in [-0.15, -0.1) is 0 Å². The van der Waals surface area contributed by atoms with Crippen molar-refractivity contribution in [2.75, 3.05) is 4.31 Å². The number of benzene rings is 2. The molecule has 0 spiro atoms. The Hall–Kier alpha value is -1.88. The van der Waals surface area contributed by atoms with Crippen LogP contribution in [-0.2, 0) is 22.9 Å². The highest BCUT2D eigenvalue weighted by atomic mass is 32.2. The zero-order valence-corrected chi connectivity index (χ0v) is 14.8. The van der Waals surface area contributed by atoms with Crippen molar-refractivity contribution in [3.63, 3.8) is 0 Å². The van der Waals surface area contributed by atoms with Crippen LogP contribution in [0.15, 0.2) is 47.4 Å². The van der Waals surface area contributed by atoms with E-state index in [1.54, 1.807) is 18.2 Å². The number of rotatable bonds is 4. The molecule has 1 atom stereocenters. The monoisotopic (exact) mass is 347 g/mol. The van der Waals surface area contributed by atoms with Gasteiger partial charge in [0.2, 0.25) is 0 Å². The third-order valence-electron chi connectivity index (χ3n) is 4.53. The SMILES string of the molecule is CCCc1ccc(S(=O)(=O)N2c3ccc(F)cc3CC[C@@H]2C)cc1. The number of hydrogen-bond acceptors (Lipinski definition) is 2. The van der Waals surface area contributed by atoms with Crippen molar-refractivity contribution in [3.8, 4) is 0 Å². The van der Waals surface area contributed by atoms with Gasteiger partial charge in [-0.25, -0.2) is 12.8 Å². The summed E-state index contributed by atoms with van der Waals surface area (Å²) in [7, 11) is -3.66. The first kappa shape index (κ1) is 17.0. The predicted octanol–water partition coefficient (Wildman–Crippen LogP) is 4.31. The van der Waals surface area contributed by atoms with Crippen LogP contribution in [0.25, 0.3) is 0 Å². The van der Waals surface area contributed by atoms with E-state index in [0.29, 0.717) is 18.5 Å². The van der Waals surface area contributed by atoms with Gasteiger partial charge in [0.05, 0.1) is 10.6 Å². The smallest absolute Gasteiger partial charge is 0.263 e. The second kappa shape index (κ2) is 6.55. The number of nitrogens with zero attached hydrogens (tertiary/aromatic N) is 1. The molecular formula is C19H22FNO2S. The van der Waals surface area contributed by atoms with Gasteiger partial charge in [-0.05, 0) is 67.6 Å². The van der Waals surface area contributed by atoms with Gasteiger partial charge < -0.3 is 0 Å². The molecule has 0 fully saturated rings. The number of sulfonamides is 1. The van der Waals surface area contributed by atoms with Gasteiger partial charge in [0, 0.05) is 6.04 Å². The molecule has 0 N–H and O–H groups in total. The summed E-state index contributed by atoms with van der Waals surface area (Å²) in [4.78, 5) is 0.284. The average Bonchev–Trinajstić information content (AvgIpc) is 2.55. The summed E-state index contributed by atoms with van der Waals surface area (Å²) in [5.74, 6) is -0.329. The highest BCUT2D eigenvalue weighted by Gasteiger charge is 2.33. The molecule has 128 valence electrons. The summed E-state index contributed by atoms with van der Waals surface area (Å²) >= 11 is 0. The largest absolute Gasteiger partial charge is 0.264 e. The Kier molecular flexibility index (Phi) is 4.63. The molecule has 0 aromatic heterocycles. The van der Waals surface area contributed by atoms with E-state index in [1.807, 2.05) is 19.1 Å². The molecule has 0 saturated carbocycles. The van der Waals surface area contributed by atoms with Crippen LogP contribution in [0.1, 0.15) is 37.8 Å². The molecule has 5 heteroatoms. The van der Waals surface area contributed by atoms with Crippen molar-refractivity contribution in [1.29, 1.82) is 0 Å².